The summed E-state index contributed by atoms with van der Waals surface area (Å²) in [7, 11) is 0. The molecule has 2 heterocycles. The van der Waals surface area contributed by atoms with Crippen molar-refractivity contribution in [2.45, 2.75) is 53.4 Å². The molecule has 240 valence electrons. The van der Waals surface area contributed by atoms with Gasteiger partial charge in [0.15, 0.2) is 16.3 Å². The lowest BCUT2D eigenvalue weighted by Crippen LogP contribution is -2.40. The fraction of sp³-hybridized carbons (Fsp3) is 0.286. The number of ether oxygens (including phenoxy) is 4. The first-order valence-electron chi connectivity index (χ1n) is 14.9. The molecule has 0 aliphatic carbocycles. The molecule has 0 fully saturated rings. The second-order valence-electron chi connectivity index (χ2n) is 10.7. The number of carbonyl (C=O) groups excluding carboxylic acids is 1. The Morgan fingerprint density at radius 1 is 1.07 bits per heavy atom. The number of aromatic nitrogens is 1. The number of fused-ring (bicyclic) bond motifs is 1. The van der Waals surface area contributed by atoms with Crippen molar-refractivity contribution in [3.05, 3.63) is 118 Å². The van der Waals surface area contributed by atoms with Crippen LogP contribution in [0.3, 0.4) is 0 Å². The summed E-state index contributed by atoms with van der Waals surface area (Å²) in [6, 6.07) is 16.5. The lowest BCUT2D eigenvalue weighted by Gasteiger charge is -2.26. The van der Waals surface area contributed by atoms with Gasteiger partial charge in [0.1, 0.15) is 24.2 Å². The molecule has 1 aliphatic heterocycles. The molecule has 1 aliphatic rings. The Hall–Kier alpha value is -3.97. The van der Waals surface area contributed by atoms with E-state index in [1.165, 1.54) is 23.5 Å². The lowest BCUT2D eigenvalue weighted by atomic mass is 9.95. The SMILES string of the molecule is CCOC(=O)C1=C(C)N=c2s/c(=C/c3cc(I)c(OCc4cccc(F)c4)c(OCC)c3)c(=O)n2[C@H]1c1ccccc1OC(C)C. The van der Waals surface area contributed by atoms with Gasteiger partial charge >= 0.3 is 5.97 Å². The van der Waals surface area contributed by atoms with Crippen LogP contribution in [0.2, 0.25) is 0 Å². The maximum atomic E-state index is 14.2. The maximum absolute atomic E-state index is 14.2. The quantitative estimate of drug-likeness (QED) is 0.132. The van der Waals surface area contributed by atoms with Crippen LogP contribution in [-0.2, 0) is 16.1 Å². The lowest BCUT2D eigenvalue weighted by molar-refractivity contribution is -0.139. The smallest absolute Gasteiger partial charge is 0.338 e. The standard InChI is InChI=1S/C35H34FIN2O6S/c1-6-42-28-17-23(16-26(37)32(28)44-19-22-11-10-12-24(36)15-22)18-29-33(40)39-31(25-13-8-9-14-27(25)45-20(3)4)30(34(41)43-7-2)21(5)38-35(39)46-29/h8-18,20,31H,6-7,19H2,1-5H3/b29-18+/t31-/m0/s1. The molecule has 0 bridgehead atoms. The normalized spacial score (nSPS) is 14.6. The number of esters is 1. The van der Waals surface area contributed by atoms with E-state index < -0.39 is 12.0 Å². The Morgan fingerprint density at radius 3 is 2.57 bits per heavy atom. The number of benzene rings is 3. The van der Waals surface area contributed by atoms with E-state index in [1.54, 1.807) is 36.6 Å². The molecule has 0 N–H and O–H groups in total. The highest BCUT2D eigenvalue weighted by molar-refractivity contribution is 14.1. The zero-order valence-electron chi connectivity index (χ0n) is 26.1. The van der Waals surface area contributed by atoms with Gasteiger partial charge in [-0.2, -0.15) is 0 Å². The molecule has 8 nitrogen and oxygen atoms in total. The predicted molar refractivity (Wildman–Crippen MR) is 184 cm³/mol. The van der Waals surface area contributed by atoms with Crippen LogP contribution in [0.1, 0.15) is 57.4 Å². The van der Waals surface area contributed by atoms with E-state index in [-0.39, 0.29) is 36.3 Å². The van der Waals surface area contributed by atoms with Gasteiger partial charge in [-0.05, 0) is 105 Å². The summed E-state index contributed by atoms with van der Waals surface area (Å²) >= 11 is 3.40. The predicted octanol–water partition coefficient (Wildman–Crippen LogP) is 6.31. The average Bonchev–Trinajstić information content (AvgIpc) is 3.30. The van der Waals surface area contributed by atoms with Crippen LogP contribution < -0.4 is 29.1 Å². The third-order valence-corrected chi connectivity index (χ3v) is 8.78. The van der Waals surface area contributed by atoms with Gasteiger partial charge in [0.25, 0.3) is 5.56 Å². The summed E-state index contributed by atoms with van der Waals surface area (Å²) in [5.74, 6) is 0.732. The minimum atomic E-state index is -0.801. The Labute approximate surface area is 283 Å². The fourth-order valence-electron chi connectivity index (χ4n) is 5.16. The number of nitrogens with zero attached hydrogens (tertiary/aromatic N) is 2. The Kier molecular flexibility index (Phi) is 10.6. The summed E-state index contributed by atoms with van der Waals surface area (Å²) in [5.41, 5.74) is 2.53. The van der Waals surface area contributed by atoms with E-state index >= 15 is 0 Å². The van der Waals surface area contributed by atoms with Crippen LogP contribution in [0.4, 0.5) is 4.39 Å². The molecule has 3 aromatic carbocycles. The number of halogens is 2. The van der Waals surface area contributed by atoms with Crippen LogP contribution in [-0.4, -0.2) is 29.9 Å². The van der Waals surface area contributed by atoms with Crippen LogP contribution in [0.15, 0.2) is 81.7 Å². The van der Waals surface area contributed by atoms with Crippen LogP contribution >= 0.6 is 33.9 Å². The molecule has 0 radical (unpaired) electrons. The number of thiazole rings is 1. The third-order valence-electron chi connectivity index (χ3n) is 6.99. The van der Waals surface area contributed by atoms with Crippen LogP contribution in [0, 0.1) is 9.39 Å². The molecular formula is C35H34FIN2O6S. The largest absolute Gasteiger partial charge is 0.491 e. The summed E-state index contributed by atoms with van der Waals surface area (Å²) in [4.78, 5) is 32.7. The molecule has 5 rings (SSSR count). The first kappa shape index (κ1) is 33.4. The number of carbonyl (C=O) groups is 1. The molecule has 0 saturated heterocycles. The number of hydrogen-bond donors (Lipinski definition) is 0. The highest BCUT2D eigenvalue weighted by atomic mass is 127. The van der Waals surface area contributed by atoms with Crippen molar-refractivity contribution >= 4 is 46.0 Å². The van der Waals surface area contributed by atoms with Gasteiger partial charge in [-0.15, -0.1) is 0 Å². The van der Waals surface area contributed by atoms with Crippen molar-refractivity contribution in [3.8, 4) is 17.2 Å². The van der Waals surface area contributed by atoms with Gasteiger partial charge in [-0.1, -0.05) is 41.7 Å². The van der Waals surface area contributed by atoms with Crippen LogP contribution in [0.25, 0.3) is 6.08 Å². The molecule has 0 saturated carbocycles. The number of hydrogen-bond acceptors (Lipinski definition) is 8. The van der Waals surface area contributed by atoms with E-state index in [2.05, 4.69) is 27.6 Å². The number of allylic oxidation sites excluding steroid dienone is 1. The zero-order valence-corrected chi connectivity index (χ0v) is 29.1. The van der Waals surface area contributed by atoms with Gasteiger partial charge in [-0.25, -0.2) is 14.2 Å². The van der Waals surface area contributed by atoms with Gasteiger partial charge in [-0.3, -0.25) is 9.36 Å². The van der Waals surface area contributed by atoms with E-state index in [0.29, 0.717) is 50.0 Å². The highest BCUT2D eigenvalue weighted by Crippen LogP contribution is 2.37. The van der Waals surface area contributed by atoms with Crippen molar-refractivity contribution in [2.75, 3.05) is 13.2 Å². The number of rotatable bonds is 11. The molecule has 0 spiro atoms. The summed E-state index contributed by atoms with van der Waals surface area (Å²) in [6.45, 7) is 9.95. The maximum Gasteiger partial charge on any atom is 0.338 e. The van der Waals surface area contributed by atoms with E-state index in [1.807, 2.05) is 57.2 Å². The molecule has 1 atom stereocenters. The van der Waals surface area contributed by atoms with E-state index in [0.717, 1.165) is 9.13 Å². The van der Waals surface area contributed by atoms with E-state index in [4.69, 9.17) is 18.9 Å². The Bertz CT molecular complexity index is 1980. The van der Waals surface area contributed by atoms with Crippen molar-refractivity contribution in [1.82, 2.24) is 4.57 Å². The van der Waals surface area contributed by atoms with Gasteiger partial charge in [0, 0.05) is 5.56 Å². The number of para-hydroxylation sites is 1. The van der Waals surface area contributed by atoms with Crippen LogP contribution in [0.5, 0.6) is 17.2 Å². The summed E-state index contributed by atoms with van der Waals surface area (Å²) < 4.78 is 40.0. The molecule has 1 aromatic heterocycles. The minimum Gasteiger partial charge on any atom is -0.491 e. The molecule has 46 heavy (non-hydrogen) atoms. The molecule has 4 aromatic rings. The Balaban J connectivity index is 1.62. The van der Waals surface area contributed by atoms with Gasteiger partial charge < -0.3 is 18.9 Å². The molecular weight excluding hydrogens is 722 g/mol. The first-order valence-corrected chi connectivity index (χ1v) is 16.8. The highest BCUT2D eigenvalue weighted by Gasteiger charge is 2.35. The molecule has 0 amide bonds. The topological polar surface area (TPSA) is 88.4 Å². The van der Waals surface area contributed by atoms with Crippen molar-refractivity contribution < 1.29 is 28.1 Å². The van der Waals surface area contributed by atoms with Crippen molar-refractivity contribution in [3.63, 3.8) is 0 Å². The third kappa shape index (κ3) is 7.20. The zero-order chi connectivity index (χ0) is 33.0. The molecule has 11 heteroatoms. The monoisotopic (exact) mass is 756 g/mol. The summed E-state index contributed by atoms with van der Waals surface area (Å²) in [5, 5.41) is 0. The van der Waals surface area contributed by atoms with Gasteiger partial charge in [0.05, 0.1) is 38.7 Å². The Morgan fingerprint density at radius 2 is 1.85 bits per heavy atom. The van der Waals surface area contributed by atoms with E-state index in [9.17, 15) is 14.0 Å². The van der Waals surface area contributed by atoms with Gasteiger partial charge in [0.2, 0.25) is 0 Å². The average molecular weight is 757 g/mol. The second kappa shape index (κ2) is 14.6. The fourth-order valence-corrected chi connectivity index (χ4v) is 6.99. The van der Waals surface area contributed by atoms with Crippen molar-refractivity contribution in [2.24, 2.45) is 4.99 Å². The molecule has 0 unspecified atom stereocenters. The second-order valence-corrected chi connectivity index (χ2v) is 12.9. The minimum absolute atomic E-state index is 0.129. The summed E-state index contributed by atoms with van der Waals surface area (Å²) in [6.07, 6.45) is 1.65. The van der Waals surface area contributed by atoms with Crippen molar-refractivity contribution in [1.29, 1.82) is 0 Å². The first-order chi connectivity index (χ1) is 22.1.